The van der Waals surface area contributed by atoms with Crippen LogP contribution in [0.1, 0.15) is 28.3 Å². The topological polar surface area (TPSA) is 32.3 Å². The van der Waals surface area contributed by atoms with Gasteiger partial charge in [0.05, 0.1) is 12.6 Å². The van der Waals surface area contributed by atoms with Crippen molar-refractivity contribution in [1.82, 2.24) is 5.32 Å². The Labute approximate surface area is 137 Å². The van der Waals surface area contributed by atoms with Crippen LogP contribution in [0.3, 0.4) is 0 Å². The lowest BCUT2D eigenvalue weighted by Crippen LogP contribution is -2.22. The maximum atomic E-state index is 9.49. The minimum Gasteiger partial charge on any atom is -0.392 e. The molecule has 0 unspecified atom stereocenters. The molecule has 0 bridgehead atoms. The number of aliphatic hydroxyl groups is 1. The van der Waals surface area contributed by atoms with E-state index >= 15 is 0 Å². The first-order valence-electron chi connectivity index (χ1n) is 7.89. The van der Waals surface area contributed by atoms with Crippen LogP contribution in [0, 0.1) is 0 Å². The molecule has 2 heteroatoms. The van der Waals surface area contributed by atoms with Gasteiger partial charge in [-0.1, -0.05) is 84.9 Å². The summed E-state index contributed by atoms with van der Waals surface area (Å²) >= 11 is 0. The second kappa shape index (κ2) is 7.73. The van der Waals surface area contributed by atoms with Crippen molar-refractivity contribution in [2.45, 2.75) is 19.2 Å². The van der Waals surface area contributed by atoms with Gasteiger partial charge in [0.2, 0.25) is 0 Å². The van der Waals surface area contributed by atoms with Crippen LogP contribution in [-0.2, 0) is 13.2 Å². The molecule has 0 aliphatic rings. The maximum Gasteiger partial charge on any atom is 0.0685 e. The Bertz CT molecular complexity index is 686. The molecule has 0 aliphatic heterocycles. The summed E-state index contributed by atoms with van der Waals surface area (Å²) in [4.78, 5) is 0. The Balaban J connectivity index is 1.85. The van der Waals surface area contributed by atoms with Gasteiger partial charge < -0.3 is 10.4 Å². The third-order valence-electron chi connectivity index (χ3n) is 4.05. The summed E-state index contributed by atoms with van der Waals surface area (Å²) in [7, 11) is 0. The van der Waals surface area contributed by atoms with Crippen LogP contribution in [-0.4, -0.2) is 5.11 Å². The van der Waals surface area contributed by atoms with Gasteiger partial charge in [0.15, 0.2) is 0 Å². The molecule has 0 aliphatic carbocycles. The largest absolute Gasteiger partial charge is 0.392 e. The lowest BCUT2D eigenvalue weighted by atomic mass is 9.98. The van der Waals surface area contributed by atoms with Gasteiger partial charge in [0, 0.05) is 6.54 Å². The van der Waals surface area contributed by atoms with Crippen LogP contribution in [0.15, 0.2) is 84.9 Å². The molecule has 0 aromatic heterocycles. The van der Waals surface area contributed by atoms with Crippen LogP contribution in [0.4, 0.5) is 0 Å². The molecule has 0 spiro atoms. The van der Waals surface area contributed by atoms with Crippen molar-refractivity contribution in [3.63, 3.8) is 0 Å². The maximum absolute atomic E-state index is 9.49. The smallest absolute Gasteiger partial charge is 0.0685 e. The quantitative estimate of drug-likeness (QED) is 0.720. The lowest BCUT2D eigenvalue weighted by molar-refractivity contribution is 0.280. The summed E-state index contributed by atoms with van der Waals surface area (Å²) < 4.78 is 0. The molecule has 23 heavy (non-hydrogen) atoms. The van der Waals surface area contributed by atoms with Gasteiger partial charge in [-0.3, -0.25) is 0 Å². The molecule has 3 aromatic carbocycles. The number of hydrogen-bond donors (Lipinski definition) is 2. The van der Waals surface area contributed by atoms with Gasteiger partial charge in [0.25, 0.3) is 0 Å². The van der Waals surface area contributed by atoms with Crippen LogP contribution >= 0.6 is 0 Å². The minimum atomic E-state index is 0.0686. The fraction of sp³-hybridized carbons (Fsp3) is 0.143. The van der Waals surface area contributed by atoms with Gasteiger partial charge in [-0.25, -0.2) is 0 Å². The first kappa shape index (κ1) is 15.5. The summed E-state index contributed by atoms with van der Waals surface area (Å²) in [5.74, 6) is 0. The van der Waals surface area contributed by atoms with Gasteiger partial charge >= 0.3 is 0 Å². The Morgan fingerprint density at radius 2 is 1.13 bits per heavy atom. The SMILES string of the molecule is OCc1ccccc1CNC(c1ccccc1)c1ccccc1. The van der Waals surface area contributed by atoms with E-state index in [9.17, 15) is 5.11 Å². The van der Waals surface area contributed by atoms with E-state index in [1.54, 1.807) is 0 Å². The van der Waals surface area contributed by atoms with E-state index in [1.807, 2.05) is 30.3 Å². The van der Waals surface area contributed by atoms with Crippen LogP contribution in [0.25, 0.3) is 0 Å². The molecule has 0 saturated heterocycles. The molecule has 0 radical (unpaired) electrons. The molecule has 0 amide bonds. The first-order chi connectivity index (χ1) is 11.4. The third-order valence-corrected chi connectivity index (χ3v) is 4.05. The Hall–Kier alpha value is -2.42. The predicted octanol–water partition coefficient (Wildman–Crippen LogP) is 4.06. The van der Waals surface area contributed by atoms with Gasteiger partial charge in [-0.05, 0) is 22.3 Å². The zero-order valence-corrected chi connectivity index (χ0v) is 13.0. The second-order valence-corrected chi connectivity index (χ2v) is 5.56. The van der Waals surface area contributed by atoms with Crippen molar-refractivity contribution in [1.29, 1.82) is 0 Å². The van der Waals surface area contributed by atoms with Crippen molar-refractivity contribution in [3.8, 4) is 0 Å². The first-order valence-corrected chi connectivity index (χ1v) is 7.89. The molecular weight excluding hydrogens is 282 g/mol. The monoisotopic (exact) mass is 303 g/mol. The van der Waals surface area contributed by atoms with Gasteiger partial charge in [-0.2, -0.15) is 0 Å². The van der Waals surface area contributed by atoms with Crippen molar-refractivity contribution >= 4 is 0 Å². The molecular formula is C21H21NO. The lowest BCUT2D eigenvalue weighted by Gasteiger charge is -2.21. The second-order valence-electron chi connectivity index (χ2n) is 5.56. The fourth-order valence-corrected chi connectivity index (χ4v) is 2.82. The molecule has 3 rings (SSSR count). The molecule has 0 atom stereocenters. The van der Waals surface area contributed by atoms with Crippen LogP contribution < -0.4 is 5.32 Å². The standard InChI is InChI=1S/C21H21NO/c23-16-20-14-8-7-13-19(20)15-22-21(17-9-3-1-4-10-17)18-11-5-2-6-12-18/h1-14,21-23H,15-16H2. The summed E-state index contributed by atoms with van der Waals surface area (Å²) in [5.41, 5.74) is 4.58. The Morgan fingerprint density at radius 3 is 1.65 bits per heavy atom. The summed E-state index contributed by atoms with van der Waals surface area (Å²) in [6.45, 7) is 0.782. The highest BCUT2D eigenvalue weighted by Crippen LogP contribution is 2.22. The number of aliphatic hydroxyl groups excluding tert-OH is 1. The van der Waals surface area contributed by atoms with Crippen molar-refractivity contribution < 1.29 is 5.11 Å². The molecule has 2 nitrogen and oxygen atoms in total. The number of nitrogens with one attached hydrogen (secondary N) is 1. The Kier molecular flexibility index (Phi) is 5.20. The van der Waals surface area contributed by atoms with Crippen molar-refractivity contribution in [2.75, 3.05) is 0 Å². The average molecular weight is 303 g/mol. The molecule has 0 saturated carbocycles. The van der Waals surface area contributed by atoms with E-state index < -0.39 is 0 Å². The minimum absolute atomic E-state index is 0.0686. The van der Waals surface area contributed by atoms with E-state index in [1.165, 1.54) is 11.1 Å². The molecule has 116 valence electrons. The highest BCUT2D eigenvalue weighted by Gasteiger charge is 2.13. The van der Waals surface area contributed by atoms with Crippen molar-refractivity contribution in [2.24, 2.45) is 0 Å². The fourth-order valence-electron chi connectivity index (χ4n) is 2.82. The molecule has 2 N–H and O–H groups in total. The Morgan fingerprint density at radius 1 is 0.652 bits per heavy atom. The average Bonchev–Trinajstić information content (AvgIpc) is 2.64. The van der Waals surface area contributed by atoms with E-state index in [-0.39, 0.29) is 12.6 Å². The van der Waals surface area contributed by atoms with Gasteiger partial charge in [-0.15, -0.1) is 0 Å². The van der Waals surface area contributed by atoms with Crippen LogP contribution in [0.2, 0.25) is 0 Å². The predicted molar refractivity (Wildman–Crippen MR) is 93.9 cm³/mol. The molecule has 0 heterocycles. The van der Waals surface area contributed by atoms with E-state index in [0.717, 1.165) is 11.1 Å². The zero-order chi connectivity index (χ0) is 15.9. The van der Waals surface area contributed by atoms with Crippen LogP contribution in [0.5, 0.6) is 0 Å². The number of rotatable bonds is 6. The molecule has 3 aromatic rings. The number of hydrogen-bond acceptors (Lipinski definition) is 2. The van der Waals surface area contributed by atoms with Crippen molar-refractivity contribution in [3.05, 3.63) is 107 Å². The van der Waals surface area contributed by atoms with E-state index in [4.69, 9.17) is 0 Å². The zero-order valence-electron chi connectivity index (χ0n) is 13.0. The molecule has 0 fully saturated rings. The summed E-state index contributed by atoms with van der Waals surface area (Å²) in [6, 6.07) is 29.0. The van der Waals surface area contributed by atoms with E-state index in [2.05, 4.69) is 59.9 Å². The normalized spacial score (nSPS) is 10.9. The highest BCUT2D eigenvalue weighted by atomic mass is 16.3. The highest BCUT2D eigenvalue weighted by molar-refractivity contribution is 5.32. The summed E-state index contributed by atoms with van der Waals surface area (Å²) in [5, 5.41) is 13.1. The number of benzene rings is 3. The summed E-state index contributed by atoms with van der Waals surface area (Å²) in [6.07, 6.45) is 0. The van der Waals surface area contributed by atoms with E-state index in [0.29, 0.717) is 6.54 Å². The van der Waals surface area contributed by atoms with Gasteiger partial charge in [0.1, 0.15) is 0 Å². The third kappa shape index (κ3) is 3.86.